The molecule has 0 unspecified atom stereocenters. The number of hydrogen-bond donors (Lipinski definition) is 1. The van der Waals surface area contributed by atoms with Crippen LogP contribution >= 0.6 is 0 Å². The molecule has 1 aliphatic heterocycles. The predicted octanol–water partition coefficient (Wildman–Crippen LogP) is 3.01. The van der Waals surface area contributed by atoms with Crippen molar-refractivity contribution in [3.8, 4) is 0 Å². The van der Waals surface area contributed by atoms with Gasteiger partial charge in [0.1, 0.15) is 0 Å². The minimum atomic E-state index is -0.217. The highest BCUT2D eigenvalue weighted by Crippen LogP contribution is 2.19. The largest absolute Gasteiger partial charge is 0.337 e. The van der Waals surface area contributed by atoms with Gasteiger partial charge in [-0.25, -0.2) is 0 Å². The standard InChI is InChI=1S/C20H29N3O2/c1-20(2,3)11-10-18(24)21-17-9-6-5-8-16(17)19(25)23-13-7-12-22(4)14-15-23/h5-6,8-11H,7,12-15H2,1-4H3,(H,21,24)/b11-10+. The summed E-state index contributed by atoms with van der Waals surface area (Å²) in [5, 5.41) is 2.84. The zero-order chi connectivity index (χ0) is 18.4. The summed E-state index contributed by atoms with van der Waals surface area (Å²) in [7, 11) is 2.07. The van der Waals surface area contributed by atoms with Crippen LogP contribution in [0.5, 0.6) is 0 Å². The second-order valence-corrected chi connectivity index (χ2v) is 7.68. The Labute approximate surface area is 150 Å². The molecular weight excluding hydrogens is 314 g/mol. The average molecular weight is 343 g/mol. The minimum absolute atomic E-state index is 0.0222. The van der Waals surface area contributed by atoms with E-state index >= 15 is 0 Å². The first kappa shape index (κ1) is 19.2. The van der Waals surface area contributed by atoms with Gasteiger partial charge in [-0.05, 0) is 43.6 Å². The minimum Gasteiger partial charge on any atom is -0.337 e. The van der Waals surface area contributed by atoms with E-state index in [1.54, 1.807) is 12.1 Å². The van der Waals surface area contributed by atoms with E-state index < -0.39 is 0 Å². The smallest absolute Gasteiger partial charge is 0.256 e. The maximum atomic E-state index is 12.9. The lowest BCUT2D eigenvalue weighted by Crippen LogP contribution is -2.35. The number of rotatable bonds is 3. The van der Waals surface area contributed by atoms with Gasteiger partial charge < -0.3 is 15.1 Å². The summed E-state index contributed by atoms with van der Waals surface area (Å²) in [6.07, 6.45) is 4.35. The maximum absolute atomic E-state index is 12.9. The Morgan fingerprint density at radius 2 is 1.80 bits per heavy atom. The molecule has 0 radical (unpaired) electrons. The molecule has 25 heavy (non-hydrogen) atoms. The van der Waals surface area contributed by atoms with Crippen molar-refractivity contribution in [2.24, 2.45) is 5.41 Å². The Balaban J connectivity index is 2.13. The molecule has 1 heterocycles. The molecular formula is C20H29N3O2. The van der Waals surface area contributed by atoms with E-state index in [2.05, 4.69) is 17.3 Å². The first-order valence-corrected chi connectivity index (χ1v) is 8.83. The van der Waals surface area contributed by atoms with E-state index in [0.717, 1.165) is 26.1 Å². The van der Waals surface area contributed by atoms with E-state index in [1.165, 1.54) is 6.08 Å². The molecule has 2 amide bonds. The van der Waals surface area contributed by atoms with Crippen molar-refractivity contribution in [3.63, 3.8) is 0 Å². The Morgan fingerprint density at radius 1 is 1.08 bits per heavy atom. The van der Waals surface area contributed by atoms with Crippen LogP contribution in [0.2, 0.25) is 0 Å². The lowest BCUT2D eigenvalue weighted by Gasteiger charge is -2.22. The fraction of sp³-hybridized carbons (Fsp3) is 0.500. The highest BCUT2D eigenvalue weighted by Gasteiger charge is 2.21. The van der Waals surface area contributed by atoms with Crippen LogP contribution in [0.4, 0.5) is 5.69 Å². The second kappa shape index (κ2) is 8.30. The number of carbonyl (C=O) groups is 2. The zero-order valence-corrected chi connectivity index (χ0v) is 15.7. The number of allylic oxidation sites excluding steroid dienone is 1. The van der Waals surface area contributed by atoms with Gasteiger partial charge in [-0.15, -0.1) is 0 Å². The topological polar surface area (TPSA) is 52.6 Å². The molecule has 136 valence electrons. The fourth-order valence-electron chi connectivity index (χ4n) is 2.70. The second-order valence-electron chi connectivity index (χ2n) is 7.68. The van der Waals surface area contributed by atoms with Crippen LogP contribution in [0.25, 0.3) is 0 Å². The molecule has 0 aliphatic carbocycles. The van der Waals surface area contributed by atoms with Gasteiger partial charge >= 0.3 is 0 Å². The van der Waals surface area contributed by atoms with Crippen molar-refractivity contribution < 1.29 is 9.59 Å². The van der Waals surface area contributed by atoms with Gasteiger partial charge in [0.05, 0.1) is 11.3 Å². The van der Waals surface area contributed by atoms with Gasteiger partial charge in [-0.3, -0.25) is 9.59 Å². The molecule has 5 nitrogen and oxygen atoms in total. The number of anilines is 1. The summed E-state index contributed by atoms with van der Waals surface area (Å²) in [5.41, 5.74) is 1.04. The van der Waals surface area contributed by atoms with E-state index in [9.17, 15) is 9.59 Å². The Kier molecular flexibility index (Phi) is 6.37. The molecule has 1 aliphatic rings. The molecule has 2 rings (SSSR count). The van der Waals surface area contributed by atoms with Crippen LogP contribution in [0.3, 0.4) is 0 Å². The number of para-hydroxylation sites is 1. The molecule has 1 fully saturated rings. The molecule has 0 bridgehead atoms. The number of carbonyl (C=O) groups excluding carboxylic acids is 2. The Bertz CT molecular complexity index is 647. The summed E-state index contributed by atoms with van der Waals surface area (Å²) < 4.78 is 0. The van der Waals surface area contributed by atoms with Gasteiger partial charge in [0.15, 0.2) is 0 Å². The van der Waals surface area contributed by atoms with E-state index in [-0.39, 0.29) is 17.2 Å². The van der Waals surface area contributed by atoms with E-state index in [4.69, 9.17) is 0 Å². The summed E-state index contributed by atoms with van der Waals surface area (Å²) >= 11 is 0. The van der Waals surface area contributed by atoms with Crippen LogP contribution in [0.15, 0.2) is 36.4 Å². The Morgan fingerprint density at radius 3 is 2.52 bits per heavy atom. The van der Waals surface area contributed by atoms with Gasteiger partial charge in [0.25, 0.3) is 5.91 Å². The number of nitrogens with one attached hydrogen (secondary N) is 1. The zero-order valence-electron chi connectivity index (χ0n) is 15.7. The molecule has 1 aromatic rings. The van der Waals surface area contributed by atoms with Crippen molar-refractivity contribution in [2.75, 3.05) is 38.5 Å². The normalized spacial score (nSPS) is 16.7. The van der Waals surface area contributed by atoms with Crippen LogP contribution in [0.1, 0.15) is 37.6 Å². The van der Waals surface area contributed by atoms with Gasteiger partial charge in [-0.2, -0.15) is 0 Å². The van der Waals surface area contributed by atoms with Crippen molar-refractivity contribution >= 4 is 17.5 Å². The van der Waals surface area contributed by atoms with E-state index in [1.807, 2.05) is 43.9 Å². The molecule has 0 aromatic heterocycles. The molecule has 1 saturated heterocycles. The summed E-state index contributed by atoms with van der Waals surface area (Å²) in [4.78, 5) is 29.2. The lowest BCUT2D eigenvalue weighted by atomic mass is 9.96. The predicted molar refractivity (Wildman–Crippen MR) is 102 cm³/mol. The van der Waals surface area contributed by atoms with Crippen molar-refractivity contribution in [1.29, 1.82) is 0 Å². The van der Waals surface area contributed by atoms with Crippen LogP contribution in [-0.4, -0.2) is 54.8 Å². The maximum Gasteiger partial charge on any atom is 0.256 e. The Hall–Kier alpha value is -2.14. The quantitative estimate of drug-likeness (QED) is 0.859. The third-order valence-corrected chi connectivity index (χ3v) is 4.16. The van der Waals surface area contributed by atoms with Gasteiger partial charge in [-0.1, -0.05) is 39.0 Å². The van der Waals surface area contributed by atoms with Gasteiger partial charge in [0, 0.05) is 19.6 Å². The SMILES string of the molecule is CN1CCCN(C(=O)c2ccccc2NC(=O)/C=C/C(C)(C)C)CC1. The average Bonchev–Trinajstić information content (AvgIpc) is 2.77. The van der Waals surface area contributed by atoms with Crippen LogP contribution in [-0.2, 0) is 4.79 Å². The monoisotopic (exact) mass is 343 g/mol. The van der Waals surface area contributed by atoms with Gasteiger partial charge in [0.2, 0.25) is 5.91 Å². The first-order chi connectivity index (χ1) is 11.8. The first-order valence-electron chi connectivity index (χ1n) is 8.83. The fourth-order valence-corrected chi connectivity index (χ4v) is 2.70. The summed E-state index contributed by atoms with van der Waals surface area (Å²) in [6.45, 7) is 9.42. The third kappa shape index (κ3) is 6.02. The molecule has 0 spiro atoms. The third-order valence-electron chi connectivity index (χ3n) is 4.16. The highest BCUT2D eigenvalue weighted by atomic mass is 16.2. The molecule has 1 N–H and O–H groups in total. The summed E-state index contributed by atoms with van der Waals surface area (Å²) in [6, 6.07) is 7.22. The van der Waals surface area contributed by atoms with Crippen molar-refractivity contribution in [1.82, 2.24) is 9.80 Å². The lowest BCUT2D eigenvalue weighted by molar-refractivity contribution is -0.112. The molecule has 0 atom stereocenters. The number of amides is 2. The van der Waals surface area contributed by atoms with Crippen LogP contribution in [0, 0.1) is 5.41 Å². The van der Waals surface area contributed by atoms with Crippen molar-refractivity contribution in [2.45, 2.75) is 27.2 Å². The molecule has 0 saturated carbocycles. The number of benzene rings is 1. The molecule has 5 heteroatoms. The number of likely N-dealkylation sites (N-methyl/N-ethyl adjacent to an activating group) is 1. The van der Waals surface area contributed by atoms with Crippen molar-refractivity contribution in [3.05, 3.63) is 42.0 Å². The van der Waals surface area contributed by atoms with E-state index in [0.29, 0.717) is 17.8 Å². The number of hydrogen-bond acceptors (Lipinski definition) is 3. The van der Waals surface area contributed by atoms with Crippen LogP contribution < -0.4 is 5.32 Å². The molecule has 1 aromatic carbocycles. The highest BCUT2D eigenvalue weighted by molar-refractivity contribution is 6.06. The summed E-state index contributed by atoms with van der Waals surface area (Å²) in [5.74, 6) is -0.239. The number of nitrogens with zero attached hydrogens (tertiary/aromatic N) is 2.